The average Bonchev–Trinajstić information content (AvgIpc) is 2.53. The second-order valence-corrected chi connectivity index (χ2v) is 5.64. The van der Waals surface area contributed by atoms with Crippen LogP contribution >= 0.6 is 27.3 Å². The van der Waals surface area contributed by atoms with E-state index in [-0.39, 0.29) is 6.10 Å². The lowest BCUT2D eigenvalue weighted by Crippen LogP contribution is -2.39. The summed E-state index contributed by atoms with van der Waals surface area (Å²) in [6.45, 7) is 3.89. The summed E-state index contributed by atoms with van der Waals surface area (Å²) < 4.78 is 6.77. The van der Waals surface area contributed by atoms with Crippen LogP contribution in [-0.4, -0.2) is 19.3 Å². The molecule has 0 saturated carbocycles. The summed E-state index contributed by atoms with van der Waals surface area (Å²) in [5.74, 6) is 0. The molecule has 0 amide bonds. The normalized spacial score (nSPS) is 29.1. The molecule has 0 bridgehead atoms. The van der Waals surface area contributed by atoms with E-state index >= 15 is 0 Å². The van der Waals surface area contributed by atoms with Crippen LogP contribution in [0, 0.1) is 0 Å². The van der Waals surface area contributed by atoms with Gasteiger partial charge in [0.15, 0.2) is 0 Å². The van der Waals surface area contributed by atoms with Crippen molar-refractivity contribution in [1.29, 1.82) is 0 Å². The van der Waals surface area contributed by atoms with Gasteiger partial charge < -0.3 is 10.1 Å². The van der Waals surface area contributed by atoms with Gasteiger partial charge in [-0.05, 0) is 35.0 Å². The minimum Gasteiger partial charge on any atom is -0.375 e. The predicted octanol–water partition coefficient (Wildman–Crippen LogP) is 2.56. The van der Waals surface area contributed by atoms with E-state index in [4.69, 9.17) is 4.74 Å². The SMILES string of the molecule is CC1OCCNC1c1ccc(Br)s1. The fourth-order valence-electron chi connectivity index (χ4n) is 1.55. The van der Waals surface area contributed by atoms with Gasteiger partial charge >= 0.3 is 0 Å². The van der Waals surface area contributed by atoms with E-state index in [9.17, 15) is 0 Å². The molecule has 72 valence electrons. The number of rotatable bonds is 1. The van der Waals surface area contributed by atoms with Crippen molar-refractivity contribution >= 4 is 27.3 Å². The van der Waals surface area contributed by atoms with E-state index in [0.717, 1.165) is 13.2 Å². The molecule has 13 heavy (non-hydrogen) atoms. The molecule has 1 saturated heterocycles. The van der Waals surface area contributed by atoms with Gasteiger partial charge in [-0.15, -0.1) is 11.3 Å². The Bertz CT molecular complexity index is 289. The number of hydrogen-bond donors (Lipinski definition) is 1. The van der Waals surface area contributed by atoms with Crippen molar-refractivity contribution in [2.75, 3.05) is 13.2 Å². The Morgan fingerprint density at radius 1 is 1.62 bits per heavy atom. The maximum absolute atomic E-state index is 5.58. The molecule has 2 atom stereocenters. The number of hydrogen-bond acceptors (Lipinski definition) is 3. The minimum atomic E-state index is 0.277. The fraction of sp³-hybridized carbons (Fsp3) is 0.556. The Morgan fingerprint density at radius 2 is 2.46 bits per heavy atom. The molecule has 1 N–H and O–H groups in total. The Morgan fingerprint density at radius 3 is 3.08 bits per heavy atom. The maximum Gasteiger partial charge on any atom is 0.0750 e. The van der Waals surface area contributed by atoms with E-state index in [1.54, 1.807) is 11.3 Å². The third-order valence-electron chi connectivity index (χ3n) is 2.22. The first kappa shape index (κ1) is 9.65. The van der Waals surface area contributed by atoms with Crippen LogP contribution < -0.4 is 5.32 Å². The fourth-order valence-corrected chi connectivity index (χ4v) is 3.14. The molecule has 1 fully saturated rings. The highest BCUT2D eigenvalue weighted by molar-refractivity contribution is 9.11. The van der Waals surface area contributed by atoms with Crippen LogP contribution in [-0.2, 0) is 4.74 Å². The Balaban J connectivity index is 2.14. The molecule has 0 spiro atoms. The largest absolute Gasteiger partial charge is 0.375 e. The van der Waals surface area contributed by atoms with Crippen molar-refractivity contribution in [3.05, 3.63) is 20.8 Å². The quantitative estimate of drug-likeness (QED) is 0.839. The molecule has 2 heterocycles. The van der Waals surface area contributed by atoms with Crippen molar-refractivity contribution < 1.29 is 4.74 Å². The molecule has 2 rings (SSSR count). The van der Waals surface area contributed by atoms with Crippen LogP contribution in [0.15, 0.2) is 15.9 Å². The van der Waals surface area contributed by atoms with Crippen LogP contribution in [0.5, 0.6) is 0 Å². The monoisotopic (exact) mass is 261 g/mol. The van der Waals surface area contributed by atoms with Gasteiger partial charge in [0.1, 0.15) is 0 Å². The zero-order valence-electron chi connectivity index (χ0n) is 7.42. The maximum atomic E-state index is 5.58. The van der Waals surface area contributed by atoms with Gasteiger partial charge in [0.05, 0.1) is 22.5 Å². The molecule has 2 unspecified atom stereocenters. The van der Waals surface area contributed by atoms with Crippen LogP contribution in [0.3, 0.4) is 0 Å². The third-order valence-corrected chi connectivity index (χ3v) is 3.92. The molecule has 1 aromatic rings. The zero-order valence-corrected chi connectivity index (χ0v) is 9.82. The molecule has 0 aliphatic carbocycles. The Kier molecular flexibility index (Phi) is 3.03. The zero-order chi connectivity index (χ0) is 9.26. The lowest BCUT2D eigenvalue weighted by molar-refractivity contribution is 0.00854. The van der Waals surface area contributed by atoms with E-state index in [1.165, 1.54) is 8.66 Å². The van der Waals surface area contributed by atoms with Crippen molar-refractivity contribution in [2.24, 2.45) is 0 Å². The first-order chi connectivity index (χ1) is 6.27. The summed E-state index contributed by atoms with van der Waals surface area (Å²) in [6.07, 6.45) is 0.277. The standard InChI is InChI=1S/C9H12BrNOS/c1-6-9(11-4-5-12-6)7-2-3-8(10)13-7/h2-3,6,9,11H,4-5H2,1H3. The van der Waals surface area contributed by atoms with Crippen LogP contribution in [0.2, 0.25) is 0 Å². The highest BCUT2D eigenvalue weighted by atomic mass is 79.9. The summed E-state index contributed by atoms with van der Waals surface area (Å²) in [7, 11) is 0. The summed E-state index contributed by atoms with van der Waals surface area (Å²) in [4.78, 5) is 1.35. The Labute approximate surface area is 90.4 Å². The molecule has 4 heteroatoms. The second-order valence-electron chi connectivity index (χ2n) is 3.15. The molecule has 1 aromatic heterocycles. The number of halogens is 1. The number of morpholine rings is 1. The number of thiophene rings is 1. The first-order valence-corrected chi connectivity index (χ1v) is 5.98. The molecule has 1 aliphatic heterocycles. The van der Waals surface area contributed by atoms with Crippen molar-refractivity contribution in [3.8, 4) is 0 Å². The highest BCUT2D eigenvalue weighted by Gasteiger charge is 2.24. The average molecular weight is 262 g/mol. The lowest BCUT2D eigenvalue weighted by atomic mass is 10.1. The summed E-state index contributed by atoms with van der Waals surface area (Å²) in [6, 6.07) is 4.60. The molecular weight excluding hydrogens is 250 g/mol. The molecule has 1 aliphatic rings. The van der Waals surface area contributed by atoms with E-state index in [2.05, 4.69) is 40.3 Å². The van der Waals surface area contributed by atoms with Crippen molar-refractivity contribution in [2.45, 2.75) is 19.1 Å². The van der Waals surface area contributed by atoms with Crippen molar-refractivity contribution in [3.63, 3.8) is 0 Å². The molecule has 2 nitrogen and oxygen atoms in total. The third kappa shape index (κ3) is 2.13. The lowest BCUT2D eigenvalue weighted by Gasteiger charge is -2.29. The summed E-state index contributed by atoms with van der Waals surface area (Å²) in [5, 5.41) is 3.46. The topological polar surface area (TPSA) is 21.3 Å². The number of ether oxygens (including phenoxy) is 1. The van der Waals surface area contributed by atoms with Gasteiger partial charge in [-0.25, -0.2) is 0 Å². The minimum absolute atomic E-state index is 0.277. The van der Waals surface area contributed by atoms with E-state index < -0.39 is 0 Å². The smallest absolute Gasteiger partial charge is 0.0750 e. The Hall–Kier alpha value is 0.1000. The van der Waals surface area contributed by atoms with Crippen LogP contribution in [0.1, 0.15) is 17.8 Å². The van der Waals surface area contributed by atoms with Gasteiger partial charge in [0.25, 0.3) is 0 Å². The molecule has 0 radical (unpaired) electrons. The van der Waals surface area contributed by atoms with Gasteiger partial charge in [-0.3, -0.25) is 0 Å². The van der Waals surface area contributed by atoms with Gasteiger partial charge in [-0.1, -0.05) is 0 Å². The molecule has 0 aromatic carbocycles. The van der Waals surface area contributed by atoms with Gasteiger partial charge in [0, 0.05) is 11.4 Å². The van der Waals surface area contributed by atoms with E-state index in [1.807, 2.05) is 0 Å². The highest BCUT2D eigenvalue weighted by Crippen LogP contribution is 2.30. The second kappa shape index (κ2) is 4.09. The van der Waals surface area contributed by atoms with Gasteiger partial charge in [0.2, 0.25) is 0 Å². The van der Waals surface area contributed by atoms with E-state index in [0.29, 0.717) is 6.04 Å². The van der Waals surface area contributed by atoms with Crippen LogP contribution in [0.25, 0.3) is 0 Å². The predicted molar refractivity (Wildman–Crippen MR) is 58.2 cm³/mol. The van der Waals surface area contributed by atoms with Crippen LogP contribution in [0.4, 0.5) is 0 Å². The number of nitrogens with one attached hydrogen (secondary N) is 1. The summed E-state index contributed by atoms with van der Waals surface area (Å²) in [5.41, 5.74) is 0. The molecular formula is C9H12BrNOS. The van der Waals surface area contributed by atoms with Crippen molar-refractivity contribution in [1.82, 2.24) is 5.32 Å². The van der Waals surface area contributed by atoms with Gasteiger partial charge in [-0.2, -0.15) is 0 Å². The summed E-state index contributed by atoms with van der Waals surface area (Å²) >= 11 is 5.24. The first-order valence-electron chi connectivity index (χ1n) is 4.37.